The van der Waals surface area contributed by atoms with E-state index >= 15 is 0 Å². The van der Waals surface area contributed by atoms with E-state index in [0.717, 1.165) is 17.4 Å². The fourth-order valence-electron chi connectivity index (χ4n) is 2.34. The summed E-state index contributed by atoms with van der Waals surface area (Å²) in [6.45, 7) is 4.11. The smallest absolute Gasteiger partial charge is 0.261 e. The highest BCUT2D eigenvalue weighted by Crippen LogP contribution is 2.21. The van der Waals surface area contributed by atoms with E-state index in [1.807, 2.05) is 31.2 Å². The number of carbonyl (C=O) groups is 1. The van der Waals surface area contributed by atoms with Gasteiger partial charge in [0.2, 0.25) is 10.0 Å². The van der Waals surface area contributed by atoms with Crippen LogP contribution in [-0.2, 0) is 21.4 Å². The number of anilines is 1. The molecule has 2 aromatic carbocycles. The highest BCUT2D eigenvalue weighted by Gasteiger charge is 2.15. The summed E-state index contributed by atoms with van der Waals surface area (Å²) in [5.41, 5.74) is 2.69. The summed E-state index contributed by atoms with van der Waals surface area (Å²) in [4.78, 5) is 12.2. The van der Waals surface area contributed by atoms with Crippen molar-refractivity contribution in [2.24, 2.45) is 0 Å². The van der Waals surface area contributed by atoms with Crippen LogP contribution in [-0.4, -0.2) is 33.7 Å². The standard InChI is InChI=1S/C19H24N2O4S/c1-14-6-5-7-16(12-14)13-20-19(22)15(2)25-18-10-8-17(9-11-18)21(3)26(4,23)24/h5-12,15H,13H2,1-4H3,(H,20,22)/t15-/m0/s1. The summed E-state index contributed by atoms with van der Waals surface area (Å²) in [5.74, 6) is 0.276. The molecule has 0 fully saturated rings. The number of sulfonamides is 1. The zero-order valence-corrected chi connectivity index (χ0v) is 16.2. The van der Waals surface area contributed by atoms with Gasteiger partial charge in [0.1, 0.15) is 5.75 Å². The van der Waals surface area contributed by atoms with Crippen molar-refractivity contribution in [3.8, 4) is 5.75 Å². The van der Waals surface area contributed by atoms with E-state index in [2.05, 4.69) is 5.32 Å². The number of amides is 1. The van der Waals surface area contributed by atoms with Gasteiger partial charge >= 0.3 is 0 Å². The lowest BCUT2D eigenvalue weighted by Crippen LogP contribution is -2.35. The number of hydrogen-bond donors (Lipinski definition) is 1. The second-order valence-corrected chi connectivity index (χ2v) is 8.21. The molecule has 2 rings (SSSR count). The Morgan fingerprint density at radius 2 is 1.85 bits per heavy atom. The number of carbonyl (C=O) groups excluding carboxylic acids is 1. The Morgan fingerprint density at radius 1 is 1.19 bits per heavy atom. The lowest BCUT2D eigenvalue weighted by Gasteiger charge is -2.18. The van der Waals surface area contributed by atoms with Gasteiger partial charge in [-0.1, -0.05) is 29.8 Å². The summed E-state index contributed by atoms with van der Waals surface area (Å²) in [6, 6.07) is 14.5. The van der Waals surface area contributed by atoms with E-state index in [1.54, 1.807) is 31.2 Å². The van der Waals surface area contributed by atoms with E-state index in [-0.39, 0.29) is 5.91 Å². The molecule has 6 nitrogen and oxygen atoms in total. The second-order valence-electron chi connectivity index (χ2n) is 6.19. The van der Waals surface area contributed by atoms with Crippen LogP contribution in [0.5, 0.6) is 5.75 Å². The molecular weight excluding hydrogens is 352 g/mol. The Balaban J connectivity index is 1.92. The summed E-state index contributed by atoms with van der Waals surface area (Å²) >= 11 is 0. The van der Waals surface area contributed by atoms with Crippen LogP contribution in [0.3, 0.4) is 0 Å². The maximum absolute atomic E-state index is 12.2. The van der Waals surface area contributed by atoms with Crippen LogP contribution >= 0.6 is 0 Å². The van der Waals surface area contributed by atoms with Gasteiger partial charge in [0, 0.05) is 13.6 Å². The zero-order valence-electron chi connectivity index (χ0n) is 15.4. The number of rotatable bonds is 7. The fourth-order valence-corrected chi connectivity index (χ4v) is 2.84. The van der Waals surface area contributed by atoms with Gasteiger partial charge in [-0.2, -0.15) is 0 Å². The molecule has 26 heavy (non-hydrogen) atoms. The first-order valence-electron chi connectivity index (χ1n) is 8.20. The van der Waals surface area contributed by atoms with Crippen molar-refractivity contribution >= 4 is 21.6 Å². The molecule has 1 amide bonds. The molecule has 0 spiro atoms. The Hall–Kier alpha value is -2.54. The molecule has 0 aliphatic carbocycles. The van der Waals surface area contributed by atoms with Gasteiger partial charge in [-0.25, -0.2) is 8.42 Å². The molecule has 0 saturated carbocycles. The van der Waals surface area contributed by atoms with Crippen molar-refractivity contribution in [2.45, 2.75) is 26.5 Å². The maximum atomic E-state index is 12.2. The number of nitrogens with one attached hydrogen (secondary N) is 1. The average Bonchev–Trinajstić information content (AvgIpc) is 2.59. The Morgan fingerprint density at radius 3 is 2.42 bits per heavy atom. The summed E-state index contributed by atoms with van der Waals surface area (Å²) in [7, 11) is -1.83. The van der Waals surface area contributed by atoms with E-state index in [9.17, 15) is 13.2 Å². The molecule has 0 aromatic heterocycles. The zero-order chi connectivity index (χ0) is 19.3. The molecule has 0 radical (unpaired) electrons. The number of nitrogens with zero attached hydrogens (tertiary/aromatic N) is 1. The van der Waals surface area contributed by atoms with E-state index < -0.39 is 16.1 Å². The molecule has 0 bridgehead atoms. The molecule has 0 saturated heterocycles. The third kappa shape index (κ3) is 5.49. The minimum Gasteiger partial charge on any atom is -0.481 e. The van der Waals surface area contributed by atoms with E-state index in [0.29, 0.717) is 18.0 Å². The topological polar surface area (TPSA) is 75.7 Å². The first-order valence-corrected chi connectivity index (χ1v) is 10.1. The maximum Gasteiger partial charge on any atom is 0.261 e. The molecule has 0 aliphatic heterocycles. The summed E-state index contributed by atoms with van der Waals surface area (Å²) in [5, 5.41) is 2.84. The van der Waals surface area contributed by atoms with Gasteiger partial charge in [0.05, 0.1) is 11.9 Å². The predicted molar refractivity (Wildman–Crippen MR) is 103 cm³/mol. The second kappa shape index (κ2) is 8.23. The van der Waals surface area contributed by atoms with E-state index in [1.165, 1.54) is 11.4 Å². The van der Waals surface area contributed by atoms with Crippen LogP contribution in [0.25, 0.3) is 0 Å². The van der Waals surface area contributed by atoms with Crippen molar-refractivity contribution in [1.82, 2.24) is 5.32 Å². The predicted octanol–water partition coefficient (Wildman–Crippen LogP) is 2.47. The average molecular weight is 376 g/mol. The monoisotopic (exact) mass is 376 g/mol. The van der Waals surface area contributed by atoms with Crippen LogP contribution in [0.2, 0.25) is 0 Å². The van der Waals surface area contributed by atoms with Crippen LogP contribution in [0, 0.1) is 6.92 Å². The highest BCUT2D eigenvalue weighted by molar-refractivity contribution is 7.92. The van der Waals surface area contributed by atoms with Gasteiger partial charge in [-0.15, -0.1) is 0 Å². The summed E-state index contributed by atoms with van der Waals surface area (Å²) < 4.78 is 29.9. The summed E-state index contributed by atoms with van der Waals surface area (Å²) in [6.07, 6.45) is 0.469. The Labute approximate surface area is 154 Å². The first-order chi connectivity index (χ1) is 12.2. The third-order valence-electron chi connectivity index (χ3n) is 3.93. The molecule has 1 N–H and O–H groups in total. The number of aryl methyl sites for hydroxylation is 1. The first kappa shape index (κ1) is 19.8. The van der Waals surface area contributed by atoms with Gasteiger partial charge in [0.15, 0.2) is 6.10 Å². The molecule has 0 aliphatic rings. The molecule has 0 heterocycles. The molecule has 140 valence electrons. The molecule has 1 atom stereocenters. The van der Waals surface area contributed by atoms with Crippen molar-refractivity contribution in [2.75, 3.05) is 17.6 Å². The largest absolute Gasteiger partial charge is 0.481 e. The van der Waals surface area contributed by atoms with Crippen molar-refractivity contribution in [1.29, 1.82) is 0 Å². The van der Waals surface area contributed by atoms with Crippen LogP contribution in [0.15, 0.2) is 48.5 Å². The molecule has 7 heteroatoms. The molecule has 2 aromatic rings. The van der Waals surface area contributed by atoms with Gasteiger partial charge in [0.25, 0.3) is 5.91 Å². The quantitative estimate of drug-likeness (QED) is 0.805. The lowest BCUT2D eigenvalue weighted by atomic mass is 10.1. The third-order valence-corrected chi connectivity index (χ3v) is 5.13. The van der Waals surface area contributed by atoms with Crippen LogP contribution in [0.1, 0.15) is 18.1 Å². The van der Waals surface area contributed by atoms with Gasteiger partial charge < -0.3 is 10.1 Å². The van der Waals surface area contributed by atoms with Crippen molar-refractivity contribution in [3.05, 3.63) is 59.7 Å². The van der Waals surface area contributed by atoms with Crippen molar-refractivity contribution in [3.63, 3.8) is 0 Å². The van der Waals surface area contributed by atoms with Gasteiger partial charge in [-0.05, 0) is 43.7 Å². The van der Waals surface area contributed by atoms with E-state index in [4.69, 9.17) is 4.74 Å². The minimum atomic E-state index is -3.31. The minimum absolute atomic E-state index is 0.219. The number of hydrogen-bond acceptors (Lipinski definition) is 4. The number of ether oxygens (including phenoxy) is 1. The SMILES string of the molecule is Cc1cccc(CNC(=O)[C@H](C)Oc2ccc(N(C)S(C)(=O)=O)cc2)c1. The van der Waals surface area contributed by atoms with Crippen LogP contribution in [0.4, 0.5) is 5.69 Å². The molecular formula is C19H24N2O4S. The molecule has 0 unspecified atom stereocenters. The number of benzene rings is 2. The lowest BCUT2D eigenvalue weighted by molar-refractivity contribution is -0.127. The normalized spacial score (nSPS) is 12.3. The fraction of sp³-hybridized carbons (Fsp3) is 0.316. The van der Waals surface area contributed by atoms with Gasteiger partial charge in [-0.3, -0.25) is 9.10 Å². The van der Waals surface area contributed by atoms with Crippen molar-refractivity contribution < 1.29 is 17.9 Å². The Kier molecular flexibility index (Phi) is 6.26. The highest BCUT2D eigenvalue weighted by atomic mass is 32.2. The van der Waals surface area contributed by atoms with Crippen LogP contribution < -0.4 is 14.4 Å². The Bertz CT molecular complexity index is 863.